The highest BCUT2D eigenvalue weighted by Gasteiger charge is 2.05. The molecule has 0 aliphatic carbocycles. The Labute approximate surface area is 76.3 Å². The van der Waals surface area contributed by atoms with Gasteiger partial charge in [-0.25, -0.2) is 0 Å². The van der Waals surface area contributed by atoms with Crippen molar-refractivity contribution in [3.8, 4) is 0 Å². The molecule has 0 bridgehead atoms. The average Bonchev–Trinajstić information content (AvgIpc) is 2.43. The second-order valence-corrected chi connectivity index (χ2v) is 2.77. The van der Waals surface area contributed by atoms with Crippen LogP contribution >= 0.6 is 11.6 Å². The summed E-state index contributed by atoms with van der Waals surface area (Å²) in [5.41, 5.74) is 6.34. The standard InChI is InChI=1S/C7H12ClN3O/c1-12-3-2-11-7(4-9)6(8)5-10-11/h5H,2-4,9H2,1H3. The van der Waals surface area contributed by atoms with Crippen LogP contribution in [0.1, 0.15) is 5.69 Å². The number of aromatic nitrogens is 2. The normalized spacial score (nSPS) is 10.6. The van der Waals surface area contributed by atoms with Gasteiger partial charge < -0.3 is 10.5 Å². The SMILES string of the molecule is COCCn1ncc(Cl)c1CN. The molecule has 0 radical (unpaired) electrons. The molecule has 5 heteroatoms. The van der Waals surface area contributed by atoms with E-state index in [4.69, 9.17) is 22.1 Å². The summed E-state index contributed by atoms with van der Waals surface area (Å²) in [6.07, 6.45) is 1.60. The minimum atomic E-state index is 0.405. The molecule has 0 unspecified atom stereocenters. The fraction of sp³-hybridized carbons (Fsp3) is 0.571. The smallest absolute Gasteiger partial charge is 0.0831 e. The van der Waals surface area contributed by atoms with Crippen molar-refractivity contribution in [3.63, 3.8) is 0 Å². The molecule has 0 saturated carbocycles. The molecule has 0 aliphatic rings. The molecule has 68 valence electrons. The molecule has 12 heavy (non-hydrogen) atoms. The van der Waals surface area contributed by atoms with E-state index >= 15 is 0 Å². The van der Waals surface area contributed by atoms with Crippen LogP contribution in [0.2, 0.25) is 5.02 Å². The Hall–Kier alpha value is -0.580. The molecule has 1 rings (SSSR count). The van der Waals surface area contributed by atoms with Crippen molar-refractivity contribution in [1.82, 2.24) is 9.78 Å². The minimum Gasteiger partial charge on any atom is -0.383 e. The first-order chi connectivity index (χ1) is 5.79. The summed E-state index contributed by atoms with van der Waals surface area (Å²) in [6.45, 7) is 1.71. The Morgan fingerprint density at radius 2 is 2.50 bits per heavy atom. The average molecular weight is 190 g/mol. The zero-order chi connectivity index (χ0) is 8.97. The Kier molecular flexibility index (Phi) is 3.52. The van der Waals surface area contributed by atoms with Crippen molar-refractivity contribution in [2.45, 2.75) is 13.1 Å². The third-order valence-electron chi connectivity index (χ3n) is 1.60. The van der Waals surface area contributed by atoms with Gasteiger partial charge >= 0.3 is 0 Å². The van der Waals surface area contributed by atoms with Crippen LogP contribution in [-0.4, -0.2) is 23.5 Å². The highest BCUT2D eigenvalue weighted by molar-refractivity contribution is 6.31. The third-order valence-corrected chi connectivity index (χ3v) is 1.91. The van der Waals surface area contributed by atoms with E-state index in [-0.39, 0.29) is 0 Å². The number of rotatable bonds is 4. The van der Waals surface area contributed by atoms with Crippen LogP contribution in [-0.2, 0) is 17.8 Å². The van der Waals surface area contributed by atoms with E-state index in [1.807, 2.05) is 0 Å². The Morgan fingerprint density at radius 3 is 3.08 bits per heavy atom. The highest BCUT2D eigenvalue weighted by atomic mass is 35.5. The summed E-state index contributed by atoms with van der Waals surface area (Å²) in [7, 11) is 1.65. The van der Waals surface area contributed by atoms with Gasteiger partial charge in [-0.15, -0.1) is 0 Å². The lowest BCUT2D eigenvalue weighted by Crippen LogP contribution is -2.12. The zero-order valence-electron chi connectivity index (χ0n) is 6.96. The van der Waals surface area contributed by atoms with Crippen LogP contribution in [0.25, 0.3) is 0 Å². The lowest BCUT2D eigenvalue weighted by molar-refractivity contribution is 0.182. The second kappa shape index (κ2) is 4.45. The fourth-order valence-corrected chi connectivity index (χ4v) is 1.18. The van der Waals surface area contributed by atoms with Crippen molar-refractivity contribution in [1.29, 1.82) is 0 Å². The second-order valence-electron chi connectivity index (χ2n) is 2.36. The molecule has 1 aromatic heterocycles. The maximum atomic E-state index is 5.82. The molecule has 0 atom stereocenters. The molecule has 0 amide bonds. The van der Waals surface area contributed by atoms with Crippen molar-refractivity contribution in [3.05, 3.63) is 16.9 Å². The van der Waals surface area contributed by atoms with Crippen LogP contribution in [0.15, 0.2) is 6.20 Å². The molecule has 4 nitrogen and oxygen atoms in total. The number of methoxy groups -OCH3 is 1. The number of hydrogen-bond donors (Lipinski definition) is 1. The predicted molar refractivity (Wildman–Crippen MR) is 47.0 cm³/mol. The number of nitrogens with two attached hydrogens (primary N) is 1. The summed E-state index contributed by atoms with van der Waals surface area (Å²) >= 11 is 5.82. The molecule has 0 spiro atoms. The van der Waals surface area contributed by atoms with Crippen molar-refractivity contribution in [2.75, 3.05) is 13.7 Å². The van der Waals surface area contributed by atoms with E-state index in [0.717, 1.165) is 5.69 Å². The monoisotopic (exact) mass is 189 g/mol. The molecule has 1 heterocycles. The summed E-state index contributed by atoms with van der Waals surface area (Å²) in [4.78, 5) is 0. The quantitative estimate of drug-likeness (QED) is 0.757. The Balaban J connectivity index is 2.70. The molecule has 0 aliphatic heterocycles. The van der Waals surface area contributed by atoms with E-state index in [2.05, 4.69) is 5.10 Å². The van der Waals surface area contributed by atoms with Crippen LogP contribution in [0.4, 0.5) is 0 Å². The molecule has 0 aromatic carbocycles. The van der Waals surface area contributed by atoms with Gasteiger partial charge in [-0.3, -0.25) is 4.68 Å². The van der Waals surface area contributed by atoms with Crippen LogP contribution in [0, 0.1) is 0 Å². The highest BCUT2D eigenvalue weighted by Crippen LogP contribution is 2.13. The topological polar surface area (TPSA) is 53.1 Å². The van der Waals surface area contributed by atoms with Crippen molar-refractivity contribution in [2.24, 2.45) is 5.73 Å². The molecule has 0 fully saturated rings. The van der Waals surface area contributed by atoms with Gasteiger partial charge in [0, 0.05) is 13.7 Å². The summed E-state index contributed by atoms with van der Waals surface area (Å²) in [5, 5.41) is 4.67. The predicted octanol–water partition coefficient (Wildman–Crippen LogP) is 0.642. The summed E-state index contributed by atoms with van der Waals surface area (Å²) in [6, 6.07) is 0. The molecule has 1 aromatic rings. The van der Waals surface area contributed by atoms with Gasteiger partial charge in [-0.1, -0.05) is 11.6 Å². The summed E-state index contributed by atoms with van der Waals surface area (Å²) < 4.78 is 6.67. The van der Waals surface area contributed by atoms with Gasteiger partial charge in [0.05, 0.1) is 30.1 Å². The Bertz CT molecular complexity index is 249. The fourth-order valence-electron chi connectivity index (χ4n) is 0.961. The number of ether oxygens (including phenoxy) is 1. The summed E-state index contributed by atoms with van der Waals surface area (Å²) in [5.74, 6) is 0. The van der Waals surface area contributed by atoms with Crippen molar-refractivity contribution < 1.29 is 4.74 Å². The first kappa shape index (κ1) is 9.51. The third kappa shape index (κ3) is 1.97. The number of hydrogen-bond acceptors (Lipinski definition) is 3. The van der Waals surface area contributed by atoms with Crippen molar-refractivity contribution >= 4 is 11.6 Å². The van der Waals surface area contributed by atoms with E-state index in [0.29, 0.717) is 24.7 Å². The first-order valence-corrected chi connectivity index (χ1v) is 4.06. The molecular weight excluding hydrogens is 178 g/mol. The maximum absolute atomic E-state index is 5.82. The number of halogens is 1. The number of nitrogens with zero attached hydrogens (tertiary/aromatic N) is 2. The van der Waals surface area contributed by atoms with E-state index < -0.39 is 0 Å². The van der Waals surface area contributed by atoms with E-state index in [9.17, 15) is 0 Å². The lowest BCUT2D eigenvalue weighted by atomic mass is 10.4. The van der Waals surface area contributed by atoms with Gasteiger partial charge in [-0.2, -0.15) is 5.10 Å². The largest absolute Gasteiger partial charge is 0.383 e. The van der Waals surface area contributed by atoms with Gasteiger partial charge in [-0.05, 0) is 0 Å². The van der Waals surface area contributed by atoms with Gasteiger partial charge in [0.15, 0.2) is 0 Å². The van der Waals surface area contributed by atoms with Gasteiger partial charge in [0.1, 0.15) is 0 Å². The van der Waals surface area contributed by atoms with E-state index in [1.54, 1.807) is 18.0 Å². The lowest BCUT2D eigenvalue weighted by Gasteiger charge is -2.04. The van der Waals surface area contributed by atoms with Crippen LogP contribution < -0.4 is 5.73 Å². The molecular formula is C7H12ClN3O. The van der Waals surface area contributed by atoms with Gasteiger partial charge in [0.25, 0.3) is 0 Å². The molecule has 0 saturated heterocycles. The van der Waals surface area contributed by atoms with E-state index in [1.165, 1.54) is 0 Å². The Morgan fingerprint density at radius 1 is 1.75 bits per heavy atom. The minimum absolute atomic E-state index is 0.405. The van der Waals surface area contributed by atoms with Crippen LogP contribution in [0.3, 0.4) is 0 Å². The maximum Gasteiger partial charge on any atom is 0.0831 e. The van der Waals surface area contributed by atoms with Gasteiger partial charge in [0.2, 0.25) is 0 Å². The molecule has 2 N–H and O–H groups in total. The van der Waals surface area contributed by atoms with Crippen LogP contribution in [0.5, 0.6) is 0 Å². The zero-order valence-corrected chi connectivity index (χ0v) is 7.71. The first-order valence-electron chi connectivity index (χ1n) is 3.68.